The Hall–Kier alpha value is -2.64. The summed E-state index contributed by atoms with van der Waals surface area (Å²) in [6, 6.07) is 17.1. The molecule has 6 nitrogen and oxygen atoms in total. The minimum Gasteiger partial charge on any atom is -0.497 e. The Bertz CT molecular complexity index is 951. The quantitative estimate of drug-likeness (QED) is 0.412. The van der Waals surface area contributed by atoms with Gasteiger partial charge in [0.15, 0.2) is 16.8 Å². The number of carbonyl (C=O) groups is 1. The van der Waals surface area contributed by atoms with Crippen molar-refractivity contribution in [3.05, 3.63) is 60.2 Å². The van der Waals surface area contributed by atoms with Crippen LogP contribution in [0.3, 0.4) is 0 Å². The minimum atomic E-state index is 0.0771. The molecule has 0 aliphatic carbocycles. The van der Waals surface area contributed by atoms with Gasteiger partial charge in [0.05, 0.1) is 25.5 Å². The minimum absolute atomic E-state index is 0.0771. The summed E-state index contributed by atoms with van der Waals surface area (Å²) in [5, 5.41) is 9.53. The smallest absolute Gasteiger partial charge is 0.192 e. The first-order valence-corrected chi connectivity index (χ1v) is 10.6. The van der Waals surface area contributed by atoms with Crippen LogP contribution in [0, 0.1) is 0 Å². The highest BCUT2D eigenvalue weighted by Crippen LogP contribution is 2.28. The maximum atomic E-state index is 12.5. The number of methoxy groups -OCH3 is 1. The van der Waals surface area contributed by atoms with E-state index < -0.39 is 0 Å². The summed E-state index contributed by atoms with van der Waals surface area (Å²) in [5.41, 5.74) is 1.66. The lowest BCUT2D eigenvalue weighted by molar-refractivity contribution is 0.0953. The van der Waals surface area contributed by atoms with Gasteiger partial charge in [-0.05, 0) is 37.1 Å². The summed E-state index contributed by atoms with van der Waals surface area (Å²) in [7, 11) is 1.65. The largest absolute Gasteiger partial charge is 0.497 e. The van der Waals surface area contributed by atoms with Crippen LogP contribution in [0.1, 0.15) is 23.2 Å². The molecular formula is C22H23N3O3S. The van der Waals surface area contributed by atoms with Crippen molar-refractivity contribution < 1.29 is 14.3 Å². The predicted molar refractivity (Wildman–Crippen MR) is 112 cm³/mol. The molecule has 0 saturated carbocycles. The van der Waals surface area contributed by atoms with Gasteiger partial charge in [-0.25, -0.2) is 0 Å². The zero-order valence-corrected chi connectivity index (χ0v) is 17.1. The standard InChI is InChI=1S/C22H23N3O3S/c1-27-18-11-9-17(10-12-18)21-23-24-22(25(21)14-19-8-5-13-28-19)29-15-20(26)16-6-3-2-4-7-16/h2-4,6-7,9-12,19H,5,8,13-15H2,1H3. The first-order chi connectivity index (χ1) is 14.2. The van der Waals surface area contributed by atoms with E-state index in [0.717, 1.165) is 41.7 Å². The highest BCUT2D eigenvalue weighted by atomic mass is 32.2. The van der Waals surface area contributed by atoms with Crippen LogP contribution in [-0.4, -0.2) is 46.1 Å². The van der Waals surface area contributed by atoms with E-state index in [9.17, 15) is 4.79 Å². The molecule has 0 amide bonds. The van der Waals surface area contributed by atoms with E-state index in [-0.39, 0.29) is 11.9 Å². The fourth-order valence-electron chi connectivity index (χ4n) is 3.34. The van der Waals surface area contributed by atoms with Gasteiger partial charge in [0.2, 0.25) is 0 Å². The molecule has 2 heterocycles. The maximum Gasteiger partial charge on any atom is 0.192 e. The number of rotatable bonds is 8. The summed E-state index contributed by atoms with van der Waals surface area (Å²) in [6.07, 6.45) is 2.24. The zero-order chi connectivity index (χ0) is 20.1. The van der Waals surface area contributed by atoms with Crippen molar-refractivity contribution >= 4 is 17.5 Å². The van der Waals surface area contributed by atoms with Crippen molar-refractivity contribution in [3.8, 4) is 17.1 Å². The van der Waals surface area contributed by atoms with E-state index in [1.165, 1.54) is 11.8 Å². The third kappa shape index (κ3) is 4.68. The van der Waals surface area contributed by atoms with Gasteiger partial charge >= 0.3 is 0 Å². The molecule has 4 rings (SSSR count). The Morgan fingerprint density at radius 1 is 1.17 bits per heavy atom. The van der Waals surface area contributed by atoms with Crippen LogP contribution in [0.2, 0.25) is 0 Å². The van der Waals surface area contributed by atoms with Crippen LogP contribution >= 0.6 is 11.8 Å². The molecule has 1 unspecified atom stereocenters. The molecular weight excluding hydrogens is 386 g/mol. The molecule has 150 valence electrons. The van der Waals surface area contributed by atoms with Crippen LogP contribution in [0.4, 0.5) is 0 Å². The van der Waals surface area contributed by atoms with Crippen LogP contribution in [0.25, 0.3) is 11.4 Å². The van der Waals surface area contributed by atoms with E-state index in [2.05, 4.69) is 14.8 Å². The first kappa shape index (κ1) is 19.7. The van der Waals surface area contributed by atoms with Crippen molar-refractivity contribution in [1.82, 2.24) is 14.8 Å². The predicted octanol–water partition coefficient (Wildman–Crippen LogP) is 4.11. The Morgan fingerprint density at radius 2 is 1.97 bits per heavy atom. The van der Waals surface area contributed by atoms with Crippen molar-refractivity contribution in [3.63, 3.8) is 0 Å². The van der Waals surface area contributed by atoms with Crippen molar-refractivity contribution in [2.45, 2.75) is 30.6 Å². The molecule has 0 spiro atoms. The number of aromatic nitrogens is 3. The van der Waals surface area contributed by atoms with Crippen LogP contribution in [0.15, 0.2) is 59.8 Å². The second-order valence-corrected chi connectivity index (χ2v) is 7.80. The van der Waals surface area contributed by atoms with Crippen LogP contribution < -0.4 is 4.74 Å². The lowest BCUT2D eigenvalue weighted by Gasteiger charge is -2.15. The second-order valence-electron chi connectivity index (χ2n) is 6.86. The van der Waals surface area contributed by atoms with E-state index in [1.54, 1.807) is 7.11 Å². The number of thioether (sulfide) groups is 1. The van der Waals surface area contributed by atoms with Gasteiger partial charge in [-0.15, -0.1) is 10.2 Å². The summed E-state index contributed by atoms with van der Waals surface area (Å²) in [5.74, 6) is 1.96. The molecule has 1 aliphatic heterocycles. The molecule has 1 saturated heterocycles. The third-order valence-electron chi connectivity index (χ3n) is 4.90. The van der Waals surface area contributed by atoms with Crippen molar-refractivity contribution in [2.75, 3.05) is 19.5 Å². The lowest BCUT2D eigenvalue weighted by Crippen LogP contribution is -2.17. The molecule has 0 bridgehead atoms. The normalized spacial score (nSPS) is 16.1. The molecule has 1 fully saturated rings. The maximum absolute atomic E-state index is 12.5. The van der Waals surface area contributed by atoms with Crippen molar-refractivity contribution in [2.24, 2.45) is 0 Å². The Morgan fingerprint density at radius 3 is 2.66 bits per heavy atom. The molecule has 0 radical (unpaired) electrons. The highest BCUT2D eigenvalue weighted by Gasteiger charge is 2.22. The number of hydrogen-bond donors (Lipinski definition) is 0. The van der Waals surface area contributed by atoms with Gasteiger partial charge in [-0.2, -0.15) is 0 Å². The van der Waals surface area contributed by atoms with E-state index in [4.69, 9.17) is 9.47 Å². The third-order valence-corrected chi connectivity index (χ3v) is 5.87. The van der Waals surface area contributed by atoms with Crippen LogP contribution in [-0.2, 0) is 11.3 Å². The molecule has 1 aliphatic rings. The molecule has 29 heavy (non-hydrogen) atoms. The summed E-state index contributed by atoms with van der Waals surface area (Å²) in [6.45, 7) is 1.47. The molecule has 3 aromatic rings. The molecule has 1 atom stereocenters. The van der Waals surface area contributed by atoms with E-state index in [0.29, 0.717) is 17.9 Å². The number of hydrogen-bond acceptors (Lipinski definition) is 6. The Kier molecular flexibility index (Phi) is 6.27. The van der Waals surface area contributed by atoms with Crippen molar-refractivity contribution in [1.29, 1.82) is 0 Å². The monoisotopic (exact) mass is 409 g/mol. The molecule has 0 N–H and O–H groups in total. The Labute approximate surface area is 174 Å². The van der Waals surface area contributed by atoms with Gasteiger partial charge in [0, 0.05) is 17.7 Å². The summed E-state index contributed by atoms with van der Waals surface area (Å²) >= 11 is 1.42. The average molecular weight is 410 g/mol. The molecule has 1 aromatic heterocycles. The Balaban J connectivity index is 1.57. The highest BCUT2D eigenvalue weighted by molar-refractivity contribution is 7.99. The van der Waals surface area contributed by atoms with Gasteiger partial charge in [0.25, 0.3) is 0 Å². The number of benzene rings is 2. The number of ether oxygens (including phenoxy) is 2. The fourth-order valence-corrected chi connectivity index (χ4v) is 4.19. The summed E-state index contributed by atoms with van der Waals surface area (Å²) < 4.78 is 13.2. The SMILES string of the molecule is COc1ccc(-c2nnc(SCC(=O)c3ccccc3)n2CC2CCCO2)cc1. The second kappa shape index (κ2) is 9.24. The topological polar surface area (TPSA) is 66.2 Å². The van der Waals surface area contributed by atoms with Gasteiger partial charge < -0.3 is 9.47 Å². The van der Waals surface area contributed by atoms with Gasteiger partial charge in [-0.1, -0.05) is 42.1 Å². The molecule has 2 aromatic carbocycles. The average Bonchev–Trinajstić information content (AvgIpc) is 3.43. The first-order valence-electron chi connectivity index (χ1n) is 9.65. The van der Waals surface area contributed by atoms with E-state index >= 15 is 0 Å². The van der Waals surface area contributed by atoms with Gasteiger partial charge in [0.1, 0.15) is 5.75 Å². The van der Waals surface area contributed by atoms with E-state index in [1.807, 2.05) is 54.6 Å². The number of ketones is 1. The lowest BCUT2D eigenvalue weighted by atomic mass is 10.2. The van der Waals surface area contributed by atoms with Crippen LogP contribution in [0.5, 0.6) is 5.75 Å². The number of carbonyl (C=O) groups excluding carboxylic acids is 1. The zero-order valence-electron chi connectivity index (χ0n) is 16.3. The number of nitrogens with zero attached hydrogens (tertiary/aromatic N) is 3. The number of Topliss-reactive ketones (excluding diaryl/α,β-unsaturated/α-hetero) is 1. The van der Waals surface area contributed by atoms with Gasteiger partial charge in [-0.3, -0.25) is 9.36 Å². The molecule has 7 heteroatoms. The summed E-state index contributed by atoms with van der Waals surface area (Å²) in [4.78, 5) is 12.5. The fraction of sp³-hybridized carbons (Fsp3) is 0.318.